The van der Waals surface area contributed by atoms with Crippen LogP contribution in [-0.2, 0) is 26.0 Å². The Hall–Kier alpha value is -3.85. The van der Waals surface area contributed by atoms with E-state index in [1.165, 1.54) is 24.1 Å². The molecule has 0 saturated heterocycles. The lowest BCUT2D eigenvalue weighted by molar-refractivity contribution is -0.139. The first-order valence-corrected chi connectivity index (χ1v) is 14.9. The third-order valence-electron chi connectivity index (χ3n) is 6.89. The van der Waals surface area contributed by atoms with Crippen LogP contribution in [0, 0.1) is 6.92 Å². The largest absolute Gasteiger partial charge is 0.495 e. The smallest absolute Gasteiger partial charge is 0.264 e. The molecule has 3 aromatic carbocycles. The maximum Gasteiger partial charge on any atom is 0.264 e. The van der Waals surface area contributed by atoms with Crippen LogP contribution < -0.4 is 14.4 Å². The van der Waals surface area contributed by atoms with E-state index in [-0.39, 0.29) is 29.1 Å². The number of methoxy groups -OCH3 is 1. The zero-order valence-electron chi connectivity index (χ0n) is 23.8. The van der Waals surface area contributed by atoms with Crippen LogP contribution in [0.15, 0.2) is 83.8 Å². The molecule has 0 aliphatic carbocycles. The third kappa shape index (κ3) is 7.63. The van der Waals surface area contributed by atoms with Gasteiger partial charge in [-0.25, -0.2) is 8.42 Å². The lowest BCUT2D eigenvalue weighted by Gasteiger charge is -2.32. The van der Waals surface area contributed by atoms with Gasteiger partial charge < -0.3 is 15.0 Å². The molecule has 1 N–H and O–H groups in total. The number of nitrogens with zero attached hydrogens (tertiary/aromatic N) is 2. The molecule has 0 radical (unpaired) electrons. The number of sulfonamides is 1. The average Bonchev–Trinajstić information content (AvgIpc) is 2.96. The normalized spacial score (nSPS) is 12.7. The van der Waals surface area contributed by atoms with Gasteiger partial charge in [-0.1, -0.05) is 67.1 Å². The first-order valence-electron chi connectivity index (χ1n) is 13.4. The van der Waals surface area contributed by atoms with Gasteiger partial charge in [-0.15, -0.1) is 0 Å². The number of benzene rings is 3. The predicted octanol–water partition coefficient (Wildman–Crippen LogP) is 4.57. The lowest BCUT2D eigenvalue weighted by Crippen LogP contribution is -2.53. The number of amides is 2. The van der Waals surface area contributed by atoms with Crippen molar-refractivity contribution >= 4 is 27.5 Å². The molecular formula is C31H39N3O5S. The van der Waals surface area contributed by atoms with Crippen molar-refractivity contribution < 1.29 is 22.7 Å². The Morgan fingerprint density at radius 1 is 0.925 bits per heavy atom. The summed E-state index contributed by atoms with van der Waals surface area (Å²) >= 11 is 0. The van der Waals surface area contributed by atoms with Crippen molar-refractivity contribution in [2.75, 3.05) is 24.5 Å². The van der Waals surface area contributed by atoms with E-state index < -0.39 is 28.5 Å². The van der Waals surface area contributed by atoms with Crippen molar-refractivity contribution in [2.24, 2.45) is 0 Å². The van der Waals surface area contributed by atoms with Gasteiger partial charge in [0.15, 0.2) is 0 Å². The van der Waals surface area contributed by atoms with Crippen LogP contribution in [0.3, 0.4) is 0 Å². The Balaban J connectivity index is 2.01. The van der Waals surface area contributed by atoms with Gasteiger partial charge in [0, 0.05) is 12.6 Å². The SMILES string of the molecule is CC[C@@H](C)NC(=O)[C@H](C)N(CCc1ccccc1)C(=O)CN(c1ccccc1OC)S(=O)(=O)c1ccc(C)cc1. The van der Waals surface area contributed by atoms with Gasteiger partial charge >= 0.3 is 0 Å². The van der Waals surface area contributed by atoms with E-state index in [0.29, 0.717) is 12.2 Å². The summed E-state index contributed by atoms with van der Waals surface area (Å²) in [7, 11) is -2.71. The first kappa shape index (κ1) is 30.7. The molecule has 0 aromatic heterocycles. The molecular weight excluding hydrogens is 526 g/mol. The summed E-state index contributed by atoms with van der Waals surface area (Å²) in [5.41, 5.74) is 2.15. The van der Waals surface area contributed by atoms with Crippen molar-refractivity contribution in [1.29, 1.82) is 0 Å². The second kappa shape index (κ2) is 14.0. The summed E-state index contributed by atoms with van der Waals surface area (Å²) in [5, 5.41) is 2.94. The molecule has 0 aliphatic heterocycles. The average molecular weight is 566 g/mol. The van der Waals surface area contributed by atoms with Crippen molar-refractivity contribution in [2.45, 2.75) is 57.5 Å². The standard InChI is InChI=1S/C31H39N3O5S/c1-6-24(3)32-31(36)25(4)33(21-20-26-12-8-7-9-13-26)30(35)22-34(28-14-10-11-15-29(28)39-5)40(37,38)27-18-16-23(2)17-19-27/h7-19,24-25H,6,20-22H2,1-5H3,(H,32,36)/t24-,25+/m1/s1. The van der Waals surface area contributed by atoms with Crippen LogP contribution in [0.5, 0.6) is 5.75 Å². The molecule has 0 bridgehead atoms. The zero-order valence-corrected chi connectivity index (χ0v) is 24.6. The van der Waals surface area contributed by atoms with Crippen LogP contribution in [0.4, 0.5) is 5.69 Å². The predicted molar refractivity (Wildman–Crippen MR) is 158 cm³/mol. The molecule has 0 fully saturated rings. The van der Waals surface area contributed by atoms with Crippen LogP contribution in [0.1, 0.15) is 38.3 Å². The Kier molecular flexibility index (Phi) is 10.7. The number of ether oxygens (including phenoxy) is 1. The van der Waals surface area contributed by atoms with E-state index in [2.05, 4.69) is 5.32 Å². The molecule has 2 atom stereocenters. The quantitative estimate of drug-likeness (QED) is 0.328. The molecule has 214 valence electrons. The number of nitrogens with one attached hydrogen (secondary N) is 1. The Bertz CT molecular complexity index is 1380. The van der Waals surface area contributed by atoms with Crippen LogP contribution in [0.2, 0.25) is 0 Å². The van der Waals surface area contributed by atoms with Gasteiger partial charge in [-0.3, -0.25) is 13.9 Å². The number of hydrogen-bond acceptors (Lipinski definition) is 5. The molecule has 3 aromatic rings. The summed E-state index contributed by atoms with van der Waals surface area (Å²) in [6.07, 6.45) is 1.25. The molecule has 9 heteroatoms. The number of carbonyl (C=O) groups is 2. The molecule has 3 rings (SSSR count). The Labute approximate surface area is 238 Å². The van der Waals surface area contributed by atoms with E-state index in [1.54, 1.807) is 43.3 Å². The second-order valence-electron chi connectivity index (χ2n) is 9.81. The molecule has 0 aliphatic rings. The summed E-state index contributed by atoms with van der Waals surface area (Å²) < 4.78 is 34.4. The van der Waals surface area contributed by atoms with E-state index in [0.717, 1.165) is 21.9 Å². The highest BCUT2D eigenvalue weighted by atomic mass is 32.2. The summed E-state index contributed by atoms with van der Waals surface area (Å²) in [5.74, 6) is -0.477. The molecule has 2 amide bonds. The second-order valence-corrected chi connectivity index (χ2v) is 11.7. The fourth-order valence-electron chi connectivity index (χ4n) is 4.22. The number of hydrogen-bond donors (Lipinski definition) is 1. The van der Waals surface area contributed by atoms with E-state index in [9.17, 15) is 18.0 Å². The molecule has 40 heavy (non-hydrogen) atoms. The number of aryl methyl sites for hydroxylation is 1. The maximum atomic E-state index is 14.0. The van der Waals surface area contributed by atoms with Gasteiger partial charge in [0.2, 0.25) is 11.8 Å². The number of anilines is 1. The highest BCUT2D eigenvalue weighted by molar-refractivity contribution is 7.92. The summed E-state index contributed by atoms with van der Waals surface area (Å²) in [6, 6.07) is 21.9. The van der Waals surface area contributed by atoms with Crippen LogP contribution in [-0.4, -0.2) is 57.4 Å². The molecule has 0 unspecified atom stereocenters. The highest BCUT2D eigenvalue weighted by Gasteiger charge is 2.33. The lowest BCUT2D eigenvalue weighted by atomic mass is 10.1. The van der Waals surface area contributed by atoms with E-state index >= 15 is 0 Å². The van der Waals surface area contributed by atoms with Gasteiger partial charge in [-0.2, -0.15) is 0 Å². The van der Waals surface area contributed by atoms with Crippen molar-refractivity contribution in [3.05, 3.63) is 90.0 Å². The Morgan fingerprint density at radius 2 is 1.55 bits per heavy atom. The highest BCUT2D eigenvalue weighted by Crippen LogP contribution is 2.32. The zero-order chi connectivity index (χ0) is 29.3. The third-order valence-corrected chi connectivity index (χ3v) is 8.67. The number of para-hydroxylation sites is 2. The Morgan fingerprint density at radius 3 is 2.17 bits per heavy atom. The van der Waals surface area contributed by atoms with Gasteiger partial charge in [0.25, 0.3) is 10.0 Å². The molecule has 0 spiro atoms. The minimum absolute atomic E-state index is 0.0511. The summed E-state index contributed by atoms with van der Waals surface area (Å²) in [4.78, 5) is 28.6. The maximum absolute atomic E-state index is 14.0. The minimum Gasteiger partial charge on any atom is -0.495 e. The van der Waals surface area contributed by atoms with Crippen molar-refractivity contribution in [3.63, 3.8) is 0 Å². The monoisotopic (exact) mass is 565 g/mol. The fraction of sp³-hybridized carbons (Fsp3) is 0.355. The van der Waals surface area contributed by atoms with Crippen molar-refractivity contribution in [1.82, 2.24) is 10.2 Å². The van der Waals surface area contributed by atoms with E-state index in [1.807, 2.05) is 51.1 Å². The number of carbonyl (C=O) groups excluding carboxylic acids is 2. The fourth-order valence-corrected chi connectivity index (χ4v) is 5.65. The van der Waals surface area contributed by atoms with Crippen molar-refractivity contribution in [3.8, 4) is 5.75 Å². The molecule has 8 nitrogen and oxygen atoms in total. The van der Waals surface area contributed by atoms with Gasteiger partial charge in [0.1, 0.15) is 18.3 Å². The van der Waals surface area contributed by atoms with E-state index in [4.69, 9.17) is 4.74 Å². The molecule has 0 saturated carbocycles. The number of rotatable bonds is 13. The first-order chi connectivity index (χ1) is 19.1. The minimum atomic E-state index is -4.16. The summed E-state index contributed by atoms with van der Waals surface area (Å²) in [6.45, 7) is 7.14. The molecule has 0 heterocycles. The van der Waals surface area contributed by atoms with Crippen LogP contribution >= 0.6 is 0 Å². The van der Waals surface area contributed by atoms with Crippen LogP contribution in [0.25, 0.3) is 0 Å². The van der Waals surface area contributed by atoms with Gasteiger partial charge in [0.05, 0.1) is 17.7 Å². The van der Waals surface area contributed by atoms with Gasteiger partial charge in [-0.05, 0) is 63.4 Å². The topological polar surface area (TPSA) is 96.0 Å².